The molecule has 3 aromatic carbocycles. The van der Waals surface area contributed by atoms with Gasteiger partial charge in [-0.05, 0) is 35.9 Å². The molecule has 3 aromatic rings. The van der Waals surface area contributed by atoms with Crippen LogP contribution in [-0.4, -0.2) is 5.78 Å². The first-order chi connectivity index (χ1) is 13.2. The SMILES string of the molecule is O=C(C=Cc1ccccc1C1C=Cc2cc(Cl)ccc2O1)c1ccccc1. The van der Waals surface area contributed by atoms with Crippen LogP contribution in [-0.2, 0) is 0 Å². The number of carbonyl (C=O) groups is 1. The summed E-state index contributed by atoms with van der Waals surface area (Å²) in [5, 5.41) is 0.684. The summed E-state index contributed by atoms with van der Waals surface area (Å²) < 4.78 is 6.14. The van der Waals surface area contributed by atoms with Crippen molar-refractivity contribution < 1.29 is 9.53 Å². The number of halogens is 1. The number of ether oxygens (including phenoxy) is 1. The average Bonchev–Trinajstić information content (AvgIpc) is 2.72. The third-order valence-corrected chi connectivity index (χ3v) is 4.69. The molecule has 0 amide bonds. The molecule has 0 aromatic heterocycles. The summed E-state index contributed by atoms with van der Waals surface area (Å²) in [6.45, 7) is 0. The lowest BCUT2D eigenvalue weighted by Crippen LogP contribution is -2.10. The normalized spacial score (nSPS) is 15.4. The highest BCUT2D eigenvalue weighted by molar-refractivity contribution is 6.30. The predicted octanol–water partition coefficient (Wildman–Crippen LogP) is 6.38. The van der Waals surface area contributed by atoms with Gasteiger partial charge in [-0.2, -0.15) is 0 Å². The Balaban J connectivity index is 1.60. The molecule has 0 aliphatic carbocycles. The molecule has 0 spiro atoms. The maximum absolute atomic E-state index is 12.4. The summed E-state index contributed by atoms with van der Waals surface area (Å²) >= 11 is 6.05. The zero-order valence-corrected chi connectivity index (χ0v) is 15.3. The highest BCUT2D eigenvalue weighted by Gasteiger charge is 2.18. The first-order valence-corrected chi connectivity index (χ1v) is 9.09. The molecule has 0 fully saturated rings. The van der Waals surface area contributed by atoms with Crippen LogP contribution in [0, 0.1) is 0 Å². The Hall–Kier alpha value is -3.10. The second-order valence-corrected chi connectivity index (χ2v) is 6.71. The minimum absolute atomic E-state index is 0.0227. The molecule has 1 aliphatic rings. The number of ketones is 1. The summed E-state index contributed by atoms with van der Waals surface area (Å²) in [4.78, 5) is 12.4. The number of hydrogen-bond donors (Lipinski definition) is 0. The van der Waals surface area contributed by atoms with Gasteiger partial charge < -0.3 is 4.74 Å². The second-order valence-electron chi connectivity index (χ2n) is 6.27. The molecule has 1 aliphatic heterocycles. The molecule has 1 heterocycles. The first-order valence-electron chi connectivity index (χ1n) is 8.71. The van der Waals surface area contributed by atoms with Gasteiger partial charge in [0.25, 0.3) is 0 Å². The van der Waals surface area contributed by atoms with E-state index in [1.165, 1.54) is 0 Å². The van der Waals surface area contributed by atoms with Crippen molar-refractivity contribution in [1.82, 2.24) is 0 Å². The lowest BCUT2D eigenvalue weighted by Gasteiger charge is -2.23. The summed E-state index contributed by atoms with van der Waals surface area (Å²) in [5.41, 5.74) is 3.59. The lowest BCUT2D eigenvalue weighted by molar-refractivity contribution is 0.104. The van der Waals surface area contributed by atoms with Crippen molar-refractivity contribution in [2.75, 3.05) is 0 Å². The number of rotatable bonds is 4. The van der Waals surface area contributed by atoms with Crippen LogP contribution >= 0.6 is 11.6 Å². The summed E-state index contributed by atoms with van der Waals surface area (Å²) in [6, 6.07) is 22.8. The lowest BCUT2D eigenvalue weighted by atomic mass is 9.98. The number of carbonyl (C=O) groups excluding carboxylic acids is 1. The fourth-order valence-electron chi connectivity index (χ4n) is 3.08. The van der Waals surface area contributed by atoms with Crippen LogP contribution in [0.1, 0.15) is 33.2 Å². The van der Waals surface area contributed by atoms with E-state index in [1.807, 2.05) is 91.0 Å². The number of fused-ring (bicyclic) bond motifs is 1. The number of hydrogen-bond acceptors (Lipinski definition) is 2. The molecule has 0 bridgehead atoms. The Morgan fingerprint density at radius 2 is 1.74 bits per heavy atom. The molecule has 0 saturated heterocycles. The largest absolute Gasteiger partial charge is 0.481 e. The van der Waals surface area contributed by atoms with Gasteiger partial charge in [-0.25, -0.2) is 0 Å². The summed E-state index contributed by atoms with van der Waals surface area (Å²) in [7, 11) is 0. The van der Waals surface area contributed by atoms with Crippen molar-refractivity contribution in [2.24, 2.45) is 0 Å². The summed E-state index contributed by atoms with van der Waals surface area (Å²) in [6.07, 6.45) is 7.26. The van der Waals surface area contributed by atoms with E-state index in [2.05, 4.69) is 0 Å². The fraction of sp³-hybridized carbons (Fsp3) is 0.0417. The minimum Gasteiger partial charge on any atom is -0.481 e. The maximum atomic E-state index is 12.4. The smallest absolute Gasteiger partial charge is 0.185 e. The van der Waals surface area contributed by atoms with Crippen LogP contribution in [0.25, 0.3) is 12.2 Å². The molecule has 4 rings (SSSR count). The zero-order chi connectivity index (χ0) is 18.6. The average molecular weight is 373 g/mol. The van der Waals surface area contributed by atoms with Gasteiger partial charge >= 0.3 is 0 Å². The van der Waals surface area contributed by atoms with Gasteiger partial charge in [-0.3, -0.25) is 4.79 Å². The van der Waals surface area contributed by atoms with E-state index >= 15 is 0 Å². The van der Waals surface area contributed by atoms with Crippen molar-refractivity contribution in [2.45, 2.75) is 6.10 Å². The molecule has 2 nitrogen and oxygen atoms in total. The van der Waals surface area contributed by atoms with Gasteiger partial charge in [0.1, 0.15) is 11.9 Å². The van der Waals surface area contributed by atoms with E-state index in [4.69, 9.17) is 16.3 Å². The Bertz CT molecular complexity index is 1040. The fourth-order valence-corrected chi connectivity index (χ4v) is 3.26. The van der Waals surface area contributed by atoms with E-state index in [-0.39, 0.29) is 11.9 Å². The Morgan fingerprint density at radius 1 is 0.963 bits per heavy atom. The molecule has 0 N–H and O–H groups in total. The van der Waals surface area contributed by atoms with Gasteiger partial charge in [0.2, 0.25) is 0 Å². The first kappa shape index (κ1) is 17.3. The third kappa shape index (κ3) is 3.86. The van der Waals surface area contributed by atoms with Gasteiger partial charge in [-0.1, -0.05) is 78.4 Å². The van der Waals surface area contributed by atoms with Crippen LogP contribution in [0.4, 0.5) is 0 Å². The van der Waals surface area contributed by atoms with E-state index in [0.717, 1.165) is 22.4 Å². The summed E-state index contributed by atoms with van der Waals surface area (Å²) in [5.74, 6) is 0.775. The highest BCUT2D eigenvalue weighted by Crippen LogP contribution is 2.35. The Morgan fingerprint density at radius 3 is 2.59 bits per heavy atom. The molecule has 1 unspecified atom stereocenters. The molecular weight excluding hydrogens is 356 g/mol. The topological polar surface area (TPSA) is 26.3 Å². The monoisotopic (exact) mass is 372 g/mol. The van der Waals surface area contributed by atoms with Crippen molar-refractivity contribution in [3.05, 3.63) is 112 Å². The molecule has 27 heavy (non-hydrogen) atoms. The van der Waals surface area contributed by atoms with Gasteiger partial charge in [0, 0.05) is 21.7 Å². The molecule has 0 radical (unpaired) electrons. The van der Waals surface area contributed by atoms with Crippen LogP contribution in [0.2, 0.25) is 5.02 Å². The Labute approximate surface area is 163 Å². The molecule has 0 saturated carbocycles. The van der Waals surface area contributed by atoms with Gasteiger partial charge in [-0.15, -0.1) is 0 Å². The standard InChI is InChI=1S/C24H17ClO2/c25-20-12-15-23-19(16-20)11-14-24(27-23)21-9-5-4-6-17(21)10-13-22(26)18-7-2-1-3-8-18/h1-16,24H. The molecule has 3 heteroatoms. The number of allylic oxidation sites excluding steroid dienone is 1. The van der Waals surface area contributed by atoms with Crippen molar-refractivity contribution in [1.29, 1.82) is 0 Å². The highest BCUT2D eigenvalue weighted by atomic mass is 35.5. The predicted molar refractivity (Wildman–Crippen MR) is 110 cm³/mol. The van der Waals surface area contributed by atoms with Gasteiger partial charge in [0.15, 0.2) is 5.78 Å². The molecule has 132 valence electrons. The van der Waals surface area contributed by atoms with Crippen molar-refractivity contribution >= 4 is 29.5 Å². The van der Waals surface area contributed by atoms with Crippen LogP contribution < -0.4 is 4.74 Å². The van der Waals surface area contributed by atoms with Crippen LogP contribution in [0.15, 0.2) is 84.9 Å². The number of benzene rings is 3. The second kappa shape index (κ2) is 7.65. The quantitative estimate of drug-likeness (QED) is 0.392. The van der Waals surface area contributed by atoms with Crippen molar-refractivity contribution in [3.63, 3.8) is 0 Å². The maximum Gasteiger partial charge on any atom is 0.185 e. The van der Waals surface area contributed by atoms with E-state index < -0.39 is 0 Å². The van der Waals surface area contributed by atoms with Crippen LogP contribution in [0.5, 0.6) is 5.75 Å². The van der Waals surface area contributed by atoms with E-state index in [0.29, 0.717) is 10.6 Å². The zero-order valence-electron chi connectivity index (χ0n) is 14.5. The van der Waals surface area contributed by atoms with Crippen molar-refractivity contribution in [3.8, 4) is 5.75 Å². The van der Waals surface area contributed by atoms with Gasteiger partial charge in [0.05, 0.1) is 0 Å². The molecular formula is C24H17ClO2. The molecule has 1 atom stereocenters. The van der Waals surface area contributed by atoms with Crippen LogP contribution in [0.3, 0.4) is 0 Å². The van der Waals surface area contributed by atoms with E-state index in [1.54, 1.807) is 6.08 Å². The third-order valence-electron chi connectivity index (χ3n) is 4.45. The minimum atomic E-state index is -0.216. The van der Waals surface area contributed by atoms with E-state index in [9.17, 15) is 4.79 Å². The Kier molecular flexibility index (Phi) is 4.91.